The third-order valence-corrected chi connectivity index (χ3v) is 12.5. The van der Waals surface area contributed by atoms with Gasteiger partial charge in [0.25, 0.3) is 0 Å². The van der Waals surface area contributed by atoms with Crippen LogP contribution in [0.4, 0.5) is 0 Å². The number of aryl methyl sites for hydroxylation is 3. The topological polar surface area (TPSA) is 50.9 Å². The van der Waals surface area contributed by atoms with E-state index in [1.807, 2.05) is 90.1 Å². The van der Waals surface area contributed by atoms with Crippen LogP contribution in [0.3, 0.4) is 0 Å². The van der Waals surface area contributed by atoms with Gasteiger partial charge in [0.1, 0.15) is 11.6 Å². The number of aromatic nitrogens is 3. The number of pyridine rings is 1. The third kappa shape index (κ3) is 8.06. The molecule has 5 aromatic carbocycles. The van der Waals surface area contributed by atoms with E-state index in [1.54, 1.807) is 29.7 Å². The van der Waals surface area contributed by atoms with Crippen LogP contribution < -0.4 is 0 Å². The molecule has 4 heteroatoms. The van der Waals surface area contributed by atoms with Gasteiger partial charge in [-0.25, -0.2) is 4.98 Å². The van der Waals surface area contributed by atoms with E-state index in [2.05, 4.69) is 18.8 Å². The summed E-state index contributed by atoms with van der Waals surface area (Å²) in [5.74, 6) is 0.524. The van der Waals surface area contributed by atoms with Crippen LogP contribution in [-0.2, 0) is 5.41 Å². The first kappa shape index (κ1) is 27.4. The van der Waals surface area contributed by atoms with Gasteiger partial charge in [0, 0.05) is 26.9 Å². The Morgan fingerprint density at radius 3 is 2.25 bits per heavy atom. The summed E-state index contributed by atoms with van der Waals surface area (Å²) in [6.45, 7) is 12.5. The van der Waals surface area contributed by atoms with Gasteiger partial charge in [0.05, 0.1) is 37.6 Å². The fourth-order valence-electron chi connectivity index (χ4n) is 8.91. The van der Waals surface area contributed by atoms with Crippen molar-refractivity contribution in [2.75, 3.05) is 0 Å². The summed E-state index contributed by atoms with van der Waals surface area (Å²) in [6.07, 6.45) is 1.97. The number of hydrogen-bond acceptors (Lipinski definition) is 3. The van der Waals surface area contributed by atoms with Crippen molar-refractivity contribution in [3.05, 3.63) is 143 Å². The molecule has 8 rings (SSSR count). The largest absolute Gasteiger partial charge is 0.507 e. The Kier molecular flexibility index (Phi) is 7.38. The van der Waals surface area contributed by atoms with Crippen LogP contribution in [0.2, 0.25) is 0 Å². The maximum Gasteiger partial charge on any atom is 0.149 e. The zero-order valence-electron chi connectivity index (χ0n) is 50.1. The highest BCUT2D eigenvalue weighted by atomic mass is 16.3. The average molecular weight is 808 g/mol. The molecule has 1 saturated carbocycles. The Hall–Kier alpha value is -5.48. The van der Waals surface area contributed by atoms with Crippen LogP contribution in [0.5, 0.6) is 5.75 Å². The zero-order valence-corrected chi connectivity index (χ0v) is 36.1. The lowest BCUT2D eigenvalue weighted by Crippen LogP contribution is -2.27. The van der Waals surface area contributed by atoms with Crippen molar-refractivity contribution in [1.29, 1.82) is 0 Å². The first-order valence-corrected chi connectivity index (χ1v) is 20.9. The van der Waals surface area contributed by atoms with E-state index in [1.165, 1.54) is 0 Å². The maximum absolute atomic E-state index is 11.8. The summed E-state index contributed by atoms with van der Waals surface area (Å²) in [4.78, 5) is 9.72. The Morgan fingerprint density at radius 2 is 1.53 bits per heavy atom. The van der Waals surface area contributed by atoms with Crippen LogP contribution in [0.1, 0.15) is 126 Å². The van der Waals surface area contributed by atoms with E-state index in [0.717, 1.165) is 36.0 Å². The number of aromatic hydroxyl groups is 1. The molecule has 1 fully saturated rings. The van der Waals surface area contributed by atoms with Gasteiger partial charge in [-0.2, -0.15) is 0 Å². The molecule has 0 aliphatic heterocycles. The maximum atomic E-state index is 11.8. The van der Waals surface area contributed by atoms with Crippen molar-refractivity contribution in [1.82, 2.24) is 14.5 Å². The number of rotatable bonds is 8. The van der Waals surface area contributed by atoms with Crippen molar-refractivity contribution < 1.29 is 24.3 Å². The first-order valence-electron chi connectivity index (χ1n) is 27.9. The number of hydrogen-bond donors (Lipinski definition) is 1. The number of fused-ring (bicyclic) bond motifs is 1. The van der Waals surface area contributed by atoms with Crippen LogP contribution in [0, 0.1) is 51.2 Å². The smallest absolute Gasteiger partial charge is 0.149 e. The van der Waals surface area contributed by atoms with E-state index in [-0.39, 0.29) is 28.8 Å². The quantitative estimate of drug-likeness (QED) is 0.166. The normalized spacial score (nSPS) is 21.2. The van der Waals surface area contributed by atoms with Gasteiger partial charge in [-0.3, -0.25) is 9.55 Å². The SMILES string of the molecule is [2H]c1nc(-c2cc(-c3cccc4c3nc(-c3cc(C)cc(C)c3O)n4-c3ccc(C4CC(C(C)C)CC(C([2H])(C)C)C4)cc3C([2H])([2H])[2H])cc(C(C)(C)C)c2)c([2H])c(-c2c([2H])c([2H])c(C([2H])([2H])[2H])c([2H])c2[2H])c1[2H]. The van der Waals surface area contributed by atoms with Crippen molar-refractivity contribution in [2.24, 2.45) is 23.6 Å². The molecule has 60 heavy (non-hydrogen) atoms. The molecule has 3 atom stereocenters. The third-order valence-electron chi connectivity index (χ3n) is 12.5. The van der Waals surface area contributed by atoms with E-state index < -0.39 is 84.1 Å². The molecule has 1 N–H and O–H groups in total. The molecule has 0 amide bonds. The molecule has 0 saturated heterocycles. The van der Waals surface area contributed by atoms with Gasteiger partial charge in [0.2, 0.25) is 0 Å². The van der Waals surface area contributed by atoms with Gasteiger partial charge in [0.15, 0.2) is 0 Å². The van der Waals surface area contributed by atoms with Crippen LogP contribution in [-0.4, -0.2) is 19.6 Å². The lowest BCUT2D eigenvalue weighted by Gasteiger charge is -2.39. The summed E-state index contributed by atoms with van der Waals surface area (Å²) in [5.41, 5.74) is 4.12. The molecule has 0 spiro atoms. The minimum Gasteiger partial charge on any atom is -0.507 e. The lowest BCUT2D eigenvalue weighted by molar-refractivity contribution is 0.158. The van der Waals surface area contributed by atoms with Gasteiger partial charge < -0.3 is 5.11 Å². The second-order valence-electron chi connectivity index (χ2n) is 18.4. The van der Waals surface area contributed by atoms with Gasteiger partial charge in [-0.05, 0) is 169 Å². The Morgan fingerprint density at radius 1 is 0.767 bits per heavy atom. The summed E-state index contributed by atoms with van der Waals surface area (Å²) in [5, 5.41) is 11.8. The van der Waals surface area contributed by atoms with Gasteiger partial charge in [-0.1, -0.05) is 115 Å². The highest BCUT2D eigenvalue weighted by Gasteiger charge is 2.33. The highest BCUT2D eigenvalue weighted by Crippen LogP contribution is 2.46. The number of nitrogens with zero attached hydrogens (tertiary/aromatic N) is 3. The molecule has 2 heterocycles. The Labute approximate surface area is 378 Å². The Balaban J connectivity index is 1.39. The predicted octanol–water partition coefficient (Wildman–Crippen LogP) is 15.1. The van der Waals surface area contributed by atoms with Crippen LogP contribution >= 0.6 is 0 Å². The standard InChI is InChI=1S/C56H63N3O/c1-33(2)42-26-43(34(3)4)28-44(27-42)40-19-20-51(37(7)25-40)59-52-14-12-13-48(53(52)58-55(59)49-24-36(6)23-38(8)54(49)60)45-29-46(31-47(30-45)56(9,10)11)50-32-41(21-22-57-50)39-17-15-35(5)16-18-39/h12-25,29-34,42-44,60H,26-28H2,1-11H3/i5D3,7D3,15D,16D,17D,18D,21D,22D,32D,33D. The molecule has 0 bridgehead atoms. The highest BCUT2D eigenvalue weighted by molar-refractivity contribution is 5.97. The molecule has 1 aliphatic rings. The van der Waals surface area contributed by atoms with Crippen LogP contribution in [0.15, 0.2) is 109 Å². The summed E-state index contributed by atoms with van der Waals surface area (Å²) < 4.78 is 124. The first-order chi connectivity index (χ1) is 34.2. The summed E-state index contributed by atoms with van der Waals surface area (Å²) in [6, 6.07) is 16.1. The number of phenols is 1. The molecule has 2 aromatic heterocycles. The van der Waals surface area contributed by atoms with E-state index in [0.29, 0.717) is 62.2 Å². The van der Waals surface area contributed by atoms with Crippen molar-refractivity contribution >= 4 is 11.0 Å². The van der Waals surface area contributed by atoms with Crippen molar-refractivity contribution in [2.45, 2.75) is 107 Å². The molecule has 0 radical (unpaired) electrons. The molecule has 3 unspecified atom stereocenters. The van der Waals surface area contributed by atoms with Crippen molar-refractivity contribution in [3.63, 3.8) is 0 Å². The van der Waals surface area contributed by atoms with Gasteiger partial charge >= 0.3 is 0 Å². The van der Waals surface area contributed by atoms with Crippen LogP contribution in [0.25, 0.3) is 61.6 Å². The molecule has 7 aromatic rings. The number of para-hydroxylation sites is 1. The zero-order chi connectivity index (χ0) is 54.6. The molecule has 308 valence electrons. The molecule has 4 nitrogen and oxygen atoms in total. The molecule has 1 aliphatic carbocycles. The van der Waals surface area contributed by atoms with E-state index in [9.17, 15) is 6.48 Å². The molecular weight excluding hydrogens is 731 g/mol. The minimum atomic E-state index is -2.99. The molecular formula is C56H63N3O. The number of imidazole rings is 1. The van der Waals surface area contributed by atoms with E-state index >= 15 is 0 Å². The van der Waals surface area contributed by atoms with Gasteiger partial charge in [-0.15, -0.1) is 0 Å². The summed E-state index contributed by atoms with van der Waals surface area (Å²) in [7, 11) is 0. The van der Waals surface area contributed by atoms with Crippen molar-refractivity contribution in [3.8, 4) is 56.3 Å². The average Bonchev–Trinajstić information content (AvgIpc) is 3.69. The number of benzene rings is 5. The fraction of sp³-hybridized carbons (Fsp3) is 0.357. The lowest BCUT2D eigenvalue weighted by atomic mass is 9.66. The second-order valence-corrected chi connectivity index (χ2v) is 18.4. The van der Waals surface area contributed by atoms with E-state index in [4.69, 9.17) is 22.8 Å². The Bertz CT molecular complexity index is 3350. The minimum absolute atomic E-state index is 0.0209. The predicted molar refractivity (Wildman–Crippen MR) is 253 cm³/mol. The number of phenolic OH excluding ortho intramolecular Hbond substituents is 1. The second kappa shape index (κ2) is 16.2. The monoisotopic (exact) mass is 808 g/mol. The summed E-state index contributed by atoms with van der Waals surface area (Å²) >= 11 is 0. The fourth-order valence-corrected chi connectivity index (χ4v) is 8.91.